The number of aromatic nitrogens is 2. The summed E-state index contributed by atoms with van der Waals surface area (Å²) < 4.78 is 13.4. The predicted octanol–water partition coefficient (Wildman–Crippen LogP) is 8.05. The van der Waals surface area contributed by atoms with Crippen LogP contribution >= 0.6 is 11.3 Å². The molecular weight excluding hydrogens is 520 g/mol. The van der Waals surface area contributed by atoms with E-state index in [0.717, 1.165) is 32.6 Å². The van der Waals surface area contributed by atoms with Crippen LogP contribution in [-0.2, 0) is 23.3 Å². The van der Waals surface area contributed by atoms with E-state index in [9.17, 15) is 9.59 Å². The Morgan fingerprint density at radius 3 is 2.52 bits per heavy atom. The van der Waals surface area contributed by atoms with Crippen molar-refractivity contribution >= 4 is 45.0 Å². The number of carbonyl (C=O) groups excluding carboxylic acids is 2. The van der Waals surface area contributed by atoms with Gasteiger partial charge in [0, 0.05) is 38.8 Å². The van der Waals surface area contributed by atoms with Gasteiger partial charge >= 0.3 is 5.97 Å². The Balaban J connectivity index is 1.24. The third kappa shape index (κ3) is 5.08. The fourth-order valence-electron chi connectivity index (χ4n) is 4.64. The lowest BCUT2D eigenvalue weighted by Gasteiger charge is -2.13. The van der Waals surface area contributed by atoms with E-state index in [2.05, 4.69) is 26.2 Å². The molecule has 0 spiro atoms. The molecule has 0 N–H and O–H groups in total. The molecule has 40 heavy (non-hydrogen) atoms. The monoisotopic (exact) mass is 548 g/mol. The van der Waals surface area contributed by atoms with Crippen molar-refractivity contribution in [2.45, 2.75) is 39.3 Å². The van der Waals surface area contributed by atoms with Gasteiger partial charge in [-0.15, -0.1) is 11.3 Å². The lowest BCUT2D eigenvalue weighted by molar-refractivity contribution is 0.0474. The molecule has 6 nitrogen and oxygen atoms in total. The van der Waals surface area contributed by atoms with Crippen molar-refractivity contribution in [1.82, 2.24) is 9.55 Å². The topological polar surface area (TPSA) is 74.3 Å². The number of benzene rings is 3. The van der Waals surface area contributed by atoms with Crippen LogP contribution < -0.4 is 0 Å². The summed E-state index contributed by atoms with van der Waals surface area (Å²) in [6, 6.07) is 24.5. The summed E-state index contributed by atoms with van der Waals surface area (Å²) >= 11 is 1.55. The highest BCUT2D eigenvalue weighted by Gasteiger charge is 2.21. The molecule has 6 rings (SSSR count). The number of hydrogen-bond donors (Lipinski definition) is 0. The minimum absolute atomic E-state index is 0.0402. The molecule has 0 aliphatic rings. The molecule has 0 saturated heterocycles. The molecule has 3 aromatic heterocycles. The maximum absolute atomic E-state index is 13.4. The maximum atomic E-state index is 13.4. The maximum Gasteiger partial charge on any atom is 0.340 e. The van der Waals surface area contributed by atoms with E-state index in [1.807, 2.05) is 77.4 Å². The van der Waals surface area contributed by atoms with Crippen LogP contribution in [0, 0.1) is 0 Å². The number of furan rings is 1. The average molecular weight is 549 g/mol. The summed E-state index contributed by atoms with van der Waals surface area (Å²) in [5.74, 6) is 0.199. The van der Waals surface area contributed by atoms with Gasteiger partial charge < -0.3 is 13.7 Å². The molecule has 0 radical (unpaired) electrons. The highest BCUT2D eigenvalue weighted by molar-refractivity contribution is 7.13. The first kappa shape index (κ1) is 25.8. The number of fused-ring (bicyclic) bond motifs is 2. The highest BCUT2D eigenvalue weighted by atomic mass is 32.1. The molecule has 6 aromatic rings. The Bertz CT molecular complexity index is 1850. The number of ether oxygens (including phenoxy) is 1. The van der Waals surface area contributed by atoms with Gasteiger partial charge in [0.2, 0.25) is 0 Å². The lowest BCUT2D eigenvalue weighted by atomic mass is 9.93. The second-order valence-corrected chi connectivity index (χ2v) is 11.7. The number of carbonyl (C=O) groups is 2. The van der Waals surface area contributed by atoms with Gasteiger partial charge in [-0.05, 0) is 35.9 Å². The summed E-state index contributed by atoms with van der Waals surface area (Å²) in [6.07, 6.45) is 1.71. The van der Waals surface area contributed by atoms with Gasteiger partial charge in [0.1, 0.15) is 12.2 Å². The van der Waals surface area contributed by atoms with Gasteiger partial charge in [-0.25, -0.2) is 9.78 Å². The van der Waals surface area contributed by atoms with Crippen LogP contribution in [0.15, 0.2) is 94.9 Å². The fourth-order valence-corrected chi connectivity index (χ4v) is 5.64. The van der Waals surface area contributed by atoms with Gasteiger partial charge in [0.15, 0.2) is 16.6 Å². The highest BCUT2D eigenvalue weighted by Crippen LogP contribution is 2.33. The molecule has 0 aliphatic heterocycles. The molecule has 200 valence electrons. The molecule has 0 atom stereocenters. The van der Waals surface area contributed by atoms with E-state index >= 15 is 0 Å². The van der Waals surface area contributed by atoms with Crippen LogP contribution in [0.4, 0.5) is 0 Å². The summed E-state index contributed by atoms with van der Waals surface area (Å²) in [5.41, 5.74) is 4.40. The average Bonchev–Trinajstić information content (AvgIpc) is 3.69. The second kappa shape index (κ2) is 10.2. The van der Waals surface area contributed by atoms with Crippen molar-refractivity contribution in [3.8, 4) is 10.8 Å². The number of hydrogen-bond acceptors (Lipinski definition) is 6. The molecule has 3 aromatic carbocycles. The van der Waals surface area contributed by atoms with Crippen LogP contribution in [0.3, 0.4) is 0 Å². The van der Waals surface area contributed by atoms with Crippen molar-refractivity contribution in [3.05, 3.63) is 113 Å². The minimum Gasteiger partial charge on any atom is -0.457 e. The number of esters is 1. The molecule has 7 heteroatoms. The Morgan fingerprint density at radius 1 is 0.975 bits per heavy atom. The van der Waals surface area contributed by atoms with E-state index in [4.69, 9.17) is 14.1 Å². The second-order valence-electron chi connectivity index (χ2n) is 10.8. The van der Waals surface area contributed by atoms with Gasteiger partial charge in [-0.3, -0.25) is 4.79 Å². The molecule has 0 aliphatic carbocycles. The van der Waals surface area contributed by atoms with Gasteiger partial charge in [-0.2, -0.15) is 0 Å². The first-order chi connectivity index (χ1) is 19.3. The molecule has 0 fully saturated rings. The molecule has 0 unspecified atom stereocenters. The first-order valence-electron chi connectivity index (χ1n) is 13.1. The van der Waals surface area contributed by atoms with Crippen LogP contribution in [0.5, 0.6) is 0 Å². The third-order valence-electron chi connectivity index (χ3n) is 6.86. The van der Waals surface area contributed by atoms with E-state index in [-0.39, 0.29) is 24.3 Å². The number of thiazole rings is 1. The third-order valence-corrected chi connectivity index (χ3v) is 7.71. The van der Waals surface area contributed by atoms with Crippen molar-refractivity contribution in [1.29, 1.82) is 0 Å². The predicted molar refractivity (Wildman–Crippen MR) is 158 cm³/mol. The van der Waals surface area contributed by atoms with E-state index in [1.54, 1.807) is 23.6 Å². The SMILES string of the molecule is CC(C)(C)c1csc(-c2cc3cc(C(=O)Cn4cc(C(=O)OCc5ccccc5)c5ccccc54)ccc3o2)n1. The molecule has 0 bridgehead atoms. The normalized spacial score (nSPS) is 11.8. The van der Waals surface area contributed by atoms with Gasteiger partial charge in [0.25, 0.3) is 0 Å². The number of para-hydroxylation sites is 1. The van der Waals surface area contributed by atoms with Crippen LogP contribution in [-0.4, -0.2) is 21.3 Å². The Labute approximate surface area is 235 Å². The number of nitrogens with zero attached hydrogens (tertiary/aromatic N) is 2. The van der Waals surface area contributed by atoms with E-state index in [0.29, 0.717) is 22.5 Å². The summed E-state index contributed by atoms with van der Waals surface area (Å²) in [5, 5.41) is 4.47. The standard InChI is InChI=1S/C33H28N2O4S/c1-33(2,3)30-20-40-31(34-30)29-16-23-15-22(13-14-28(23)39-29)27(36)18-35-17-25(24-11-7-8-12-26(24)35)32(37)38-19-21-9-5-4-6-10-21/h4-17,20H,18-19H2,1-3H3. The van der Waals surface area contributed by atoms with Crippen LogP contribution in [0.25, 0.3) is 32.6 Å². The Morgan fingerprint density at radius 2 is 1.75 bits per heavy atom. The van der Waals surface area contributed by atoms with Gasteiger partial charge in [0.05, 0.1) is 17.8 Å². The quantitative estimate of drug-likeness (QED) is 0.149. The zero-order valence-corrected chi connectivity index (χ0v) is 23.3. The lowest BCUT2D eigenvalue weighted by Crippen LogP contribution is -2.11. The summed E-state index contributed by atoms with van der Waals surface area (Å²) in [7, 11) is 0. The van der Waals surface area contributed by atoms with Crippen molar-refractivity contribution < 1.29 is 18.7 Å². The molecular formula is C33H28N2O4S. The zero-order valence-electron chi connectivity index (χ0n) is 22.5. The van der Waals surface area contributed by atoms with Crippen molar-refractivity contribution in [2.24, 2.45) is 0 Å². The number of rotatable bonds is 7. The zero-order chi connectivity index (χ0) is 27.9. The molecule has 0 amide bonds. The smallest absolute Gasteiger partial charge is 0.340 e. The first-order valence-corrected chi connectivity index (χ1v) is 14.0. The summed E-state index contributed by atoms with van der Waals surface area (Å²) in [6.45, 7) is 6.67. The minimum atomic E-state index is -0.421. The Hall–Kier alpha value is -4.49. The van der Waals surface area contributed by atoms with Crippen LogP contribution in [0.2, 0.25) is 0 Å². The summed E-state index contributed by atoms with van der Waals surface area (Å²) in [4.78, 5) is 31.1. The molecule has 3 heterocycles. The molecule has 0 saturated carbocycles. The largest absolute Gasteiger partial charge is 0.457 e. The van der Waals surface area contributed by atoms with Crippen LogP contribution in [0.1, 0.15) is 52.7 Å². The Kier molecular flexibility index (Phi) is 6.60. The van der Waals surface area contributed by atoms with Gasteiger partial charge in [-0.1, -0.05) is 69.3 Å². The number of Topliss-reactive ketones (excluding diaryl/α,β-unsaturated/α-hetero) is 1. The van der Waals surface area contributed by atoms with Crippen molar-refractivity contribution in [3.63, 3.8) is 0 Å². The van der Waals surface area contributed by atoms with Crippen molar-refractivity contribution in [2.75, 3.05) is 0 Å². The van der Waals surface area contributed by atoms with E-state index in [1.165, 1.54) is 0 Å². The number of ketones is 1. The fraction of sp³-hybridized carbons (Fsp3) is 0.182. The van der Waals surface area contributed by atoms with E-state index < -0.39 is 5.97 Å².